The van der Waals surface area contributed by atoms with Crippen molar-refractivity contribution >= 4 is 0 Å². The van der Waals surface area contributed by atoms with E-state index in [4.69, 9.17) is 0 Å². The summed E-state index contributed by atoms with van der Waals surface area (Å²) in [5, 5.41) is 9.89. The van der Waals surface area contributed by atoms with Crippen molar-refractivity contribution in [2.45, 2.75) is 109 Å². The Balaban J connectivity index is 1.83. The summed E-state index contributed by atoms with van der Waals surface area (Å²) in [7, 11) is 0. The monoisotopic (exact) mass is 355 g/mol. The third kappa shape index (κ3) is 6.08. The van der Waals surface area contributed by atoms with E-state index in [1.54, 1.807) is 0 Å². The van der Waals surface area contributed by atoms with Gasteiger partial charge in [-0.25, -0.2) is 9.97 Å². The van der Waals surface area contributed by atoms with E-state index in [-0.39, 0.29) is 5.41 Å². The zero-order valence-corrected chi connectivity index (χ0v) is 17.0. The molecule has 144 valence electrons. The van der Waals surface area contributed by atoms with E-state index in [1.807, 2.05) is 12.4 Å². The van der Waals surface area contributed by atoms with Gasteiger partial charge in [0.05, 0.1) is 11.5 Å². The minimum atomic E-state index is -0.347. The summed E-state index contributed by atoms with van der Waals surface area (Å²) >= 11 is 0. The maximum Gasteiger partial charge on any atom is 0.128 e. The molecule has 0 amide bonds. The van der Waals surface area contributed by atoms with Gasteiger partial charge < -0.3 is 0 Å². The molecule has 1 fully saturated rings. The van der Waals surface area contributed by atoms with Crippen LogP contribution in [0.2, 0.25) is 0 Å². The Bertz CT molecular complexity index is 536. The molecule has 1 aliphatic carbocycles. The van der Waals surface area contributed by atoms with Gasteiger partial charge in [0, 0.05) is 24.4 Å². The Hall–Kier alpha value is -1.43. The number of nitrogens with zero attached hydrogens (tertiary/aromatic N) is 3. The van der Waals surface area contributed by atoms with E-state index in [0.29, 0.717) is 0 Å². The van der Waals surface area contributed by atoms with Crippen LogP contribution in [0.1, 0.15) is 109 Å². The summed E-state index contributed by atoms with van der Waals surface area (Å²) in [6, 6.07) is 2.63. The van der Waals surface area contributed by atoms with E-state index in [2.05, 4.69) is 29.9 Å². The zero-order chi connectivity index (χ0) is 18.7. The average Bonchev–Trinajstić information content (AvgIpc) is 2.69. The third-order valence-electron chi connectivity index (χ3n) is 6.15. The first-order valence-electron chi connectivity index (χ1n) is 11.0. The second kappa shape index (κ2) is 11.3. The fourth-order valence-electron chi connectivity index (χ4n) is 4.22. The van der Waals surface area contributed by atoms with Gasteiger partial charge in [-0.1, -0.05) is 65.2 Å². The Labute approximate surface area is 160 Å². The Morgan fingerprint density at radius 1 is 0.962 bits per heavy atom. The fraction of sp³-hybridized carbons (Fsp3) is 0.783. The van der Waals surface area contributed by atoms with E-state index in [1.165, 1.54) is 64.2 Å². The van der Waals surface area contributed by atoms with Gasteiger partial charge in [0.2, 0.25) is 0 Å². The quantitative estimate of drug-likeness (QED) is 0.424. The van der Waals surface area contributed by atoms with Crippen LogP contribution >= 0.6 is 0 Å². The van der Waals surface area contributed by atoms with Crippen LogP contribution in [0.5, 0.6) is 0 Å². The van der Waals surface area contributed by atoms with Crippen molar-refractivity contribution in [1.29, 1.82) is 5.26 Å². The smallest absolute Gasteiger partial charge is 0.128 e. The normalized spacial score (nSPS) is 22.9. The minimum Gasteiger partial charge on any atom is -0.241 e. The number of rotatable bonds is 11. The molecule has 1 aromatic heterocycles. The van der Waals surface area contributed by atoms with Gasteiger partial charge in [0.1, 0.15) is 5.82 Å². The van der Waals surface area contributed by atoms with E-state index in [9.17, 15) is 5.26 Å². The molecule has 0 aliphatic heterocycles. The number of hydrogen-bond acceptors (Lipinski definition) is 3. The molecule has 3 heteroatoms. The van der Waals surface area contributed by atoms with Crippen LogP contribution in [0.3, 0.4) is 0 Å². The summed E-state index contributed by atoms with van der Waals surface area (Å²) in [5.74, 6) is 1.74. The molecular weight excluding hydrogens is 318 g/mol. The molecule has 1 aromatic rings. The lowest BCUT2D eigenvalue weighted by Gasteiger charge is -2.35. The molecule has 0 aromatic carbocycles. The van der Waals surface area contributed by atoms with Gasteiger partial charge in [-0.2, -0.15) is 5.26 Å². The Morgan fingerprint density at radius 3 is 2.19 bits per heavy atom. The largest absolute Gasteiger partial charge is 0.241 e. The summed E-state index contributed by atoms with van der Waals surface area (Å²) in [4.78, 5) is 9.11. The van der Waals surface area contributed by atoms with Crippen LogP contribution in [0.25, 0.3) is 0 Å². The highest BCUT2D eigenvalue weighted by Crippen LogP contribution is 2.42. The highest BCUT2D eigenvalue weighted by atomic mass is 14.9. The molecule has 0 radical (unpaired) electrons. The van der Waals surface area contributed by atoms with Crippen LogP contribution in [0, 0.1) is 17.2 Å². The summed E-state index contributed by atoms with van der Waals surface area (Å²) in [5.41, 5.74) is 0.696. The molecule has 0 spiro atoms. The number of aryl methyl sites for hydroxylation is 1. The van der Waals surface area contributed by atoms with Crippen LogP contribution < -0.4 is 0 Å². The van der Waals surface area contributed by atoms with Crippen LogP contribution in [0.15, 0.2) is 12.4 Å². The summed E-state index contributed by atoms with van der Waals surface area (Å²) < 4.78 is 0. The van der Waals surface area contributed by atoms with Gasteiger partial charge in [-0.05, 0) is 38.0 Å². The molecule has 0 unspecified atom stereocenters. The van der Waals surface area contributed by atoms with Gasteiger partial charge in [0.15, 0.2) is 0 Å². The maximum absolute atomic E-state index is 9.89. The second-order valence-electron chi connectivity index (χ2n) is 8.19. The van der Waals surface area contributed by atoms with Crippen molar-refractivity contribution in [2.24, 2.45) is 5.92 Å². The van der Waals surface area contributed by atoms with E-state index in [0.717, 1.165) is 43.0 Å². The van der Waals surface area contributed by atoms with Gasteiger partial charge in [-0.15, -0.1) is 0 Å². The van der Waals surface area contributed by atoms with Gasteiger partial charge in [-0.3, -0.25) is 0 Å². The van der Waals surface area contributed by atoms with Crippen molar-refractivity contribution in [3.63, 3.8) is 0 Å². The van der Waals surface area contributed by atoms with E-state index >= 15 is 0 Å². The first-order valence-corrected chi connectivity index (χ1v) is 11.0. The Kier molecular flexibility index (Phi) is 9.09. The summed E-state index contributed by atoms with van der Waals surface area (Å²) in [6.07, 6.45) is 20.9. The molecule has 0 N–H and O–H groups in total. The van der Waals surface area contributed by atoms with Crippen LogP contribution in [0.4, 0.5) is 0 Å². The fourth-order valence-corrected chi connectivity index (χ4v) is 4.22. The molecule has 0 saturated heterocycles. The number of unbranched alkanes of at least 4 members (excludes halogenated alkanes) is 6. The predicted molar refractivity (Wildman–Crippen MR) is 108 cm³/mol. The van der Waals surface area contributed by atoms with Crippen molar-refractivity contribution in [3.05, 3.63) is 23.8 Å². The van der Waals surface area contributed by atoms with Crippen molar-refractivity contribution in [3.8, 4) is 6.07 Å². The zero-order valence-electron chi connectivity index (χ0n) is 17.0. The molecule has 1 saturated carbocycles. The molecule has 1 heterocycles. The first-order chi connectivity index (χ1) is 12.7. The number of nitriles is 1. The van der Waals surface area contributed by atoms with Crippen LogP contribution in [-0.4, -0.2) is 9.97 Å². The first kappa shape index (κ1) is 20.9. The predicted octanol–water partition coefficient (Wildman–Crippen LogP) is 6.52. The van der Waals surface area contributed by atoms with Crippen molar-refractivity contribution in [2.75, 3.05) is 0 Å². The van der Waals surface area contributed by atoms with Gasteiger partial charge >= 0.3 is 0 Å². The average molecular weight is 356 g/mol. The molecule has 0 atom stereocenters. The van der Waals surface area contributed by atoms with E-state index < -0.39 is 0 Å². The van der Waals surface area contributed by atoms with Gasteiger partial charge in [0.25, 0.3) is 0 Å². The number of aromatic nitrogens is 2. The summed E-state index contributed by atoms with van der Waals surface area (Å²) in [6.45, 7) is 4.48. The lowest BCUT2D eigenvalue weighted by Crippen LogP contribution is -2.30. The number of hydrogen-bond donors (Lipinski definition) is 0. The Morgan fingerprint density at radius 2 is 1.58 bits per heavy atom. The molecule has 1 aliphatic rings. The third-order valence-corrected chi connectivity index (χ3v) is 6.15. The molecule has 3 nitrogen and oxygen atoms in total. The SMILES string of the molecule is CCCCCCC[C@H]1CC[C@@](C#N)(c2cnc(CCCCC)nc2)CC1. The highest BCUT2D eigenvalue weighted by molar-refractivity contribution is 5.29. The molecule has 2 rings (SSSR count). The van der Waals surface area contributed by atoms with Crippen molar-refractivity contribution in [1.82, 2.24) is 9.97 Å². The highest BCUT2D eigenvalue weighted by Gasteiger charge is 2.37. The van der Waals surface area contributed by atoms with Crippen LogP contribution in [-0.2, 0) is 11.8 Å². The molecule has 26 heavy (non-hydrogen) atoms. The standard InChI is InChI=1S/C23H37N3/c1-3-5-7-8-10-11-20-13-15-23(19-24,16-14-20)21-17-25-22(26-18-21)12-9-6-4-2/h17-18,20H,3-16H2,1-2H3/t20-,23+. The maximum atomic E-state index is 9.89. The topological polar surface area (TPSA) is 49.6 Å². The molecular formula is C23H37N3. The second-order valence-corrected chi connectivity index (χ2v) is 8.19. The lowest BCUT2D eigenvalue weighted by molar-refractivity contribution is 0.260. The lowest BCUT2D eigenvalue weighted by atomic mass is 9.67. The molecule has 0 bridgehead atoms. The van der Waals surface area contributed by atoms with Crippen molar-refractivity contribution < 1.29 is 0 Å². The minimum absolute atomic E-state index is 0.347.